The van der Waals surface area contributed by atoms with Crippen LogP contribution < -0.4 is 4.74 Å². The number of phenolic OH excluding ortho intramolecular Hbond substituents is 1. The summed E-state index contributed by atoms with van der Waals surface area (Å²) in [5.74, 6) is 5.11. The molecule has 1 aromatic rings. The average molecular weight is 340 g/mol. The first-order valence-electron chi connectivity index (χ1n) is 9.62. The molecule has 1 aromatic carbocycles. The maximum atomic E-state index is 11.0. The van der Waals surface area contributed by atoms with Crippen LogP contribution in [-0.2, 0) is 6.42 Å². The highest BCUT2D eigenvalue weighted by atomic mass is 16.5. The predicted octanol–water partition coefficient (Wildman–Crippen LogP) is 4.01. The Balaban J connectivity index is 1.71. The number of hydrogen-bond donors (Lipinski definition) is 2. The molecule has 0 spiro atoms. The maximum absolute atomic E-state index is 11.0. The van der Waals surface area contributed by atoms with Gasteiger partial charge in [0.25, 0.3) is 0 Å². The molecule has 3 heteroatoms. The Morgan fingerprint density at radius 1 is 1.28 bits per heavy atom. The monoisotopic (exact) mass is 340 g/mol. The molecule has 0 aromatic heterocycles. The van der Waals surface area contributed by atoms with Gasteiger partial charge >= 0.3 is 0 Å². The minimum atomic E-state index is -0.950. The predicted molar refractivity (Wildman–Crippen MR) is 97.7 cm³/mol. The number of fused-ring (bicyclic) bond motifs is 5. The van der Waals surface area contributed by atoms with Crippen LogP contribution in [0.3, 0.4) is 0 Å². The fourth-order valence-electron chi connectivity index (χ4n) is 6.11. The first kappa shape index (κ1) is 16.8. The van der Waals surface area contributed by atoms with Crippen molar-refractivity contribution in [3.8, 4) is 23.8 Å². The number of terminal acetylenes is 1. The van der Waals surface area contributed by atoms with Crippen molar-refractivity contribution in [1.82, 2.24) is 0 Å². The Kier molecular flexibility index (Phi) is 3.81. The number of phenols is 1. The van der Waals surface area contributed by atoms with E-state index in [1.807, 2.05) is 13.0 Å². The van der Waals surface area contributed by atoms with Crippen molar-refractivity contribution in [2.45, 2.75) is 63.9 Å². The molecule has 3 aliphatic rings. The highest BCUT2D eigenvalue weighted by molar-refractivity contribution is 5.49. The van der Waals surface area contributed by atoms with Crippen LogP contribution in [0.15, 0.2) is 12.1 Å². The van der Waals surface area contributed by atoms with Crippen LogP contribution in [0.4, 0.5) is 0 Å². The summed E-state index contributed by atoms with van der Waals surface area (Å²) >= 11 is 0. The van der Waals surface area contributed by atoms with Crippen molar-refractivity contribution >= 4 is 0 Å². The Labute approximate surface area is 150 Å². The van der Waals surface area contributed by atoms with Gasteiger partial charge < -0.3 is 14.9 Å². The lowest BCUT2D eigenvalue weighted by atomic mass is 9.53. The van der Waals surface area contributed by atoms with Crippen LogP contribution in [0.2, 0.25) is 0 Å². The first-order chi connectivity index (χ1) is 11.9. The van der Waals surface area contributed by atoms with Gasteiger partial charge in [0, 0.05) is 5.41 Å². The second kappa shape index (κ2) is 5.68. The van der Waals surface area contributed by atoms with Crippen molar-refractivity contribution in [3.63, 3.8) is 0 Å². The van der Waals surface area contributed by atoms with Gasteiger partial charge in [-0.05, 0) is 86.5 Å². The van der Waals surface area contributed by atoms with E-state index in [1.165, 1.54) is 11.1 Å². The van der Waals surface area contributed by atoms with Crippen LogP contribution in [0.25, 0.3) is 0 Å². The molecule has 0 unspecified atom stereocenters. The Morgan fingerprint density at radius 3 is 2.80 bits per heavy atom. The van der Waals surface area contributed by atoms with Crippen molar-refractivity contribution in [2.24, 2.45) is 17.3 Å². The molecule has 134 valence electrons. The van der Waals surface area contributed by atoms with E-state index < -0.39 is 5.60 Å². The SMILES string of the molecule is C#C[C@]1(O)CC[C@H]2[C@@H]3CCc4cc(O)c(OCC)cc4[C@H]3CC[C@@]21C. The molecule has 2 saturated carbocycles. The van der Waals surface area contributed by atoms with Crippen LogP contribution >= 0.6 is 0 Å². The largest absolute Gasteiger partial charge is 0.504 e. The quantitative estimate of drug-likeness (QED) is 0.800. The van der Waals surface area contributed by atoms with Crippen molar-refractivity contribution in [1.29, 1.82) is 0 Å². The molecule has 2 N–H and O–H groups in total. The molecule has 0 radical (unpaired) electrons. The van der Waals surface area contributed by atoms with Gasteiger partial charge in [-0.3, -0.25) is 0 Å². The normalized spacial score (nSPS) is 39.0. The third kappa shape index (κ3) is 2.23. The van der Waals surface area contributed by atoms with E-state index in [2.05, 4.69) is 18.9 Å². The molecule has 0 aliphatic heterocycles. The standard InChI is InChI=1S/C22H28O3/c1-4-22(24)11-9-18-16-7-6-14-12-19(23)20(25-5-2)13-17(14)15(16)8-10-21(18,22)3/h1,12-13,15-16,18,23-24H,5-11H2,2-3H3/t15-,16+,18-,21-,22-/m0/s1. The molecular weight excluding hydrogens is 312 g/mol. The van der Waals surface area contributed by atoms with Crippen LogP contribution in [-0.4, -0.2) is 22.4 Å². The van der Waals surface area contributed by atoms with E-state index in [1.54, 1.807) is 0 Å². The number of aryl methyl sites for hydroxylation is 1. The third-order valence-electron chi connectivity index (χ3n) is 7.49. The van der Waals surface area contributed by atoms with Gasteiger partial charge in [0.2, 0.25) is 0 Å². The number of aliphatic hydroxyl groups is 1. The van der Waals surface area contributed by atoms with E-state index >= 15 is 0 Å². The lowest BCUT2D eigenvalue weighted by molar-refractivity contribution is -0.0647. The number of ether oxygens (including phenoxy) is 1. The van der Waals surface area contributed by atoms with E-state index in [0.717, 1.165) is 38.5 Å². The second-order valence-corrected chi connectivity index (χ2v) is 8.37. The van der Waals surface area contributed by atoms with Gasteiger partial charge in [-0.15, -0.1) is 6.42 Å². The van der Waals surface area contributed by atoms with Gasteiger partial charge in [-0.2, -0.15) is 0 Å². The first-order valence-corrected chi connectivity index (χ1v) is 9.62. The highest BCUT2D eigenvalue weighted by Gasteiger charge is 2.61. The molecule has 0 heterocycles. The molecule has 3 nitrogen and oxygen atoms in total. The Morgan fingerprint density at radius 2 is 2.08 bits per heavy atom. The van der Waals surface area contributed by atoms with Crippen LogP contribution in [0.5, 0.6) is 11.5 Å². The van der Waals surface area contributed by atoms with Gasteiger partial charge in [-0.25, -0.2) is 0 Å². The molecule has 25 heavy (non-hydrogen) atoms. The average Bonchev–Trinajstić information content (AvgIpc) is 2.88. The smallest absolute Gasteiger partial charge is 0.161 e. The molecular formula is C22H28O3. The number of rotatable bonds is 2. The minimum absolute atomic E-state index is 0.167. The van der Waals surface area contributed by atoms with E-state index in [-0.39, 0.29) is 11.2 Å². The summed E-state index contributed by atoms with van der Waals surface area (Å²) in [4.78, 5) is 0. The van der Waals surface area contributed by atoms with Crippen LogP contribution in [0, 0.1) is 29.6 Å². The summed E-state index contributed by atoms with van der Waals surface area (Å²) in [7, 11) is 0. The Bertz CT molecular complexity index is 734. The molecule has 0 amide bonds. The summed E-state index contributed by atoms with van der Waals surface area (Å²) in [5, 5.41) is 21.2. The van der Waals surface area contributed by atoms with Gasteiger partial charge in [0.05, 0.1) is 6.61 Å². The number of benzene rings is 1. The van der Waals surface area contributed by atoms with E-state index in [4.69, 9.17) is 11.2 Å². The number of hydrogen-bond acceptors (Lipinski definition) is 3. The molecule has 0 bridgehead atoms. The lowest BCUT2D eigenvalue weighted by Gasteiger charge is -2.52. The molecule has 4 rings (SSSR count). The van der Waals surface area contributed by atoms with Gasteiger partial charge in [-0.1, -0.05) is 12.8 Å². The number of aromatic hydroxyl groups is 1. The molecule has 2 fully saturated rings. The zero-order chi connectivity index (χ0) is 17.8. The molecule has 5 atom stereocenters. The lowest BCUT2D eigenvalue weighted by Crippen LogP contribution is -2.50. The highest BCUT2D eigenvalue weighted by Crippen LogP contribution is 2.64. The zero-order valence-corrected chi connectivity index (χ0v) is 15.2. The van der Waals surface area contributed by atoms with Crippen LogP contribution in [0.1, 0.15) is 63.0 Å². The van der Waals surface area contributed by atoms with Crippen molar-refractivity contribution in [2.75, 3.05) is 6.61 Å². The summed E-state index contributed by atoms with van der Waals surface area (Å²) in [6, 6.07) is 3.97. The zero-order valence-electron chi connectivity index (χ0n) is 15.2. The van der Waals surface area contributed by atoms with E-state index in [9.17, 15) is 10.2 Å². The second-order valence-electron chi connectivity index (χ2n) is 8.37. The van der Waals surface area contributed by atoms with Gasteiger partial charge in [0.1, 0.15) is 5.60 Å². The van der Waals surface area contributed by atoms with E-state index in [0.29, 0.717) is 30.1 Å². The summed E-state index contributed by atoms with van der Waals surface area (Å²) < 4.78 is 5.62. The summed E-state index contributed by atoms with van der Waals surface area (Å²) in [5.41, 5.74) is 1.49. The van der Waals surface area contributed by atoms with Crippen molar-refractivity contribution in [3.05, 3.63) is 23.3 Å². The maximum Gasteiger partial charge on any atom is 0.161 e. The molecule has 3 aliphatic carbocycles. The third-order valence-corrected chi connectivity index (χ3v) is 7.49. The summed E-state index contributed by atoms with van der Waals surface area (Å²) in [6.07, 6.45) is 11.6. The topological polar surface area (TPSA) is 49.7 Å². The Hall–Kier alpha value is -1.66. The summed E-state index contributed by atoms with van der Waals surface area (Å²) in [6.45, 7) is 4.70. The fraction of sp³-hybridized carbons (Fsp3) is 0.636. The molecule has 0 saturated heterocycles. The van der Waals surface area contributed by atoms with Gasteiger partial charge in [0.15, 0.2) is 11.5 Å². The minimum Gasteiger partial charge on any atom is -0.504 e. The van der Waals surface area contributed by atoms with Crippen molar-refractivity contribution < 1.29 is 14.9 Å². The fourth-order valence-corrected chi connectivity index (χ4v) is 6.11.